The minimum absolute atomic E-state index is 0.365. The summed E-state index contributed by atoms with van der Waals surface area (Å²) in [5.74, 6) is -0.584. The molecule has 59 heavy (non-hydrogen) atoms. The van der Waals surface area contributed by atoms with Crippen molar-refractivity contribution in [2.24, 2.45) is 0 Å². The Labute approximate surface area is 368 Å². The third-order valence-corrected chi connectivity index (χ3v) is 12.7. The predicted molar refractivity (Wildman–Crippen MR) is 256 cm³/mol. The van der Waals surface area contributed by atoms with E-state index in [-0.39, 0.29) is 0 Å². The Morgan fingerprint density at radius 2 is 0.678 bits per heavy atom. The Balaban J connectivity index is 3.63. The molecule has 0 rings (SSSR count). The third kappa shape index (κ3) is 42.1. The number of rotatable bonds is 49. The summed E-state index contributed by atoms with van der Waals surface area (Å²) >= 11 is 0. The topological polar surface area (TPSA) is 110 Å². The normalized spacial score (nSPS) is 13.9. The van der Waals surface area contributed by atoms with Crippen molar-refractivity contribution >= 4 is 5.91 Å². The van der Waals surface area contributed by atoms with E-state index < -0.39 is 36.9 Å². The molecule has 0 heterocycles. The SMILES string of the molecule is CCCCCCCCCC/C=C\CCCCCCCCC(O)C(=O)NC(CO)C(O)C(O)CCCCCCCCCCCCCCCCCCCCCCCCCCC. The van der Waals surface area contributed by atoms with Crippen LogP contribution in [-0.4, -0.2) is 57.3 Å². The fourth-order valence-electron chi connectivity index (χ4n) is 8.52. The van der Waals surface area contributed by atoms with Gasteiger partial charge in [0.25, 0.3) is 0 Å². The van der Waals surface area contributed by atoms with E-state index in [9.17, 15) is 25.2 Å². The number of hydrogen-bond donors (Lipinski definition) is 5. The quantitative estimate of drug-likeness (QED) is 0.0310. The number of amides is 1. The second-order valence-corrected chi connectivity index (χ2v) is 18.6. The molecular weight excluding hydrogens is 731 g/mol. The average molecular weight is 836 g/mol. The highest BCUT2D eigenvalue weighted by atomic mass is 16.3. The van der Waals surface area contributed by atoms with Crippen LogP contribution in [0.3, 0.4) is 0 Å². The lowest BCUT2D eigenvalue weighted by Crippen LogP contribution is -2.53. The van der Waals surface area contributed by atoms with Crippen molar-refractivity contribution in [3.63, 3.8) is 0 Å². The number of carbonyl (C=O) groups is 1. The number of hydrogen-bond acceptors (Lipinski definition) is 5. The molecule has 0 spiro atoms. The minimum Gasteiger partial charge on any atom is -0.394 e. The molecule has 352 valence electrons. The van der Waals surface area contributed by atoms with Crippen molar-refractivity contribution < 1.29 is 25.2 Å². The van der Waals surface area contributed by atoms with Gasteiger partial charge in [0, 0.05) is 0 Å². The Hall–Kier alpha value is -0.950. The monoisotopic (exact) mass is 836 g/mol. The Kier molecular flexibility index (Phi) is 47.3. The Morgan fingerprint density at radius 1 is 0.407 bits per heavy atom. The summed E-state index contributed by atoms with van der Waals surface area (Å²) in [6.45, 7) is 4.08. The van der Waals surface area contributed by atoms with Crippen molar-refractivity contribution in [1.29, 1.82) is 0 Å². The van der Waals surface area contributed by atoms with Gasteiger partial charge in [-0.05, 0) is 38.5 Å². The van der Waals surface area contributed by atoms with Gasteiger partial charge in [-0.3, -0.25) is 4.79 Å². The molecule has 6 heteroatoms. The van der Waals surface area contributed by atoms with Crippen LogP contribution in [0.25, 0.3) is 0 Å². The van der Waals surface area contributed by atoms with Crippen molar-refractivity contribution in [1.82, 2.24) is 5.32 Å². The first-order chi connectivity index (χ1) is 29.0. The van der Waals surface area contributed by atoms with E-state index >= 15 is 0 Å². The summed E-state index contributed by atoms with van der Waals surface area (Å²) in [6.07, 6.45) is 55.5. The number of allylic oxidation sites excluding steroid dienone is 2. The van der Waals surface area contributed by atoms with Gasteiger partial charge in [0.05, 0.1) is 18.8 Å². The van der Waals surface area contributed by atoms with Gasteiger partial charge in [-0.25, -0.2) is 0 Å². The predicted octanol–water partition coefficient (Wildman–Crippen LogP) is 14.9. The van der Waals surface area contributed by atoms with E-state index in [0.29, 0.717) is 12.8 Å². The van der Waals surface area contributed by atoms with Crippen LogP contribution in [0.1, 0.15) is 290 Å². The molecule has 1 amide bonds. The van der Waals surface area contributed by atoms with Crippen LogP contribution in [0.2, 0.25) is 0 Å². The maximum atomic E-state index is 12.6. The highest BCUT2D eigenvalue weighted by molar-refractivity contribution is 5.80. The van der Waals surface area contributed by atoms with Gasteiger partial charge in [-0.1, -0.05) is 264 Å². The van der Waals surface area contributed by atoms with Crippen LogP contribution in [0.5, 0.6) is 0 Å². The molecular formula is C53H105NO5. The van der Waals surface area contributed by atoms with Crippen molar-refractivity contribution in [3.8, 4) is 0 Å². The summed E-state index contributed by atoms with van der Waals surface area (Å²) in [4.78, 5) is 12.6. The van der Waals surface area contributed by atoms with Crippen LogP contribution in [0.4, 0.5) is 0 Å². The zero-order valence-electron chi connectivity index (χ0n) is 39.8. The van der Waals surface area contributed by atoms with Gasteiger partial charge < -0.3 is 25.7 Å². The first kappa shape index (κ1) is 58.0. The average Bonchev–Trinajstić information content (AvgIpc) is 3.24. The van der Waals surface area contributed by atoms with Gasteiger partial charge >= 0.3 is 0 Å². The summed E-state index contributed by atoms with van der Waals surface area (Å²) in [6, 6.07) is -0.985. The molecule has 0 saturated heterocycles. The van der Waals surface area contributed by atoms with Crippen LogP contribution in [0.15, 0.2) is 12.2 Å². The highest BCUT2D eigenvalue weighted by Crippen LogP contribution is 2.18. The molecule has 0 fully saturated rings. The Bertz CT molecular complexity index is 852. The molecule has 0 radical (unpaired) electrons. The lowest BCUT2D eigenvalue weighted by molar-refractivity contribution is -0.132. The van der Waals surface area contributed by atoms with E-state index in [0.717, 1.165) is 44.9 Å². The number of carbonyl (C=O) groups excluding carboxylic acids is 1. The molecule has 0 aliphatic carbocycles. The van der Waals surface area contributed by atoms with Crippen LogP contribution >= 0.6 is 0 Å². The largest absolute Gasteiger partial charge is 0.394 e. The van der Waals surface area contributed by atoms with Gasteiger partial charge in [0.1, 0.15) is 12.2 Å². The molecule has 0 aromatic heterocycles. The summed E-state index contributed by atoms with van der Waals surface area (Å²) in [5, 5.41) is 43.9. The first-order valence-electron chi connectivity index (χ1n) is 26.6. The molecule has 0 aromatic carbocycles. The number of aliphatic hydroxyl groups excluding tert-OH is 4. The van der Waals surface area contributed by atoms with Crippen LogP contribution in [0, 0.1) is 0 Å². The minimum atomic E-state index is -1.26. The molecule has 0 bridgehead atoms. The molecule has 4 atom stereocenters. The van der Waals surface area contributed by atoms with Crippen LogP contribution < -0.4 is 5.32 Å². The standard InChI is InChI=1S/C53H105NO5/c1-3-5-7-9-11-13-15-17-19-21-23-24-25-26-27-28-29-31-32-34-36-38-40-42-44-46-50(56)52(58)49(48-55)54-53(59)51(57)47-45-43-41-39-37-35-33-30-22-20-18-16-14-12-10-8-6-4-2/h22,30,49-52,55-58H,3-21,23-29,31-48H2,1-2H3,(H,54,59)/b30-22-. The molecule has 0 aliphatic rings. The maximum absolute atomic E-state index is 12.6. The third-order valence-electron chi connectivity index (χ3n) is 12.7. The fraction of sp³-hybridized carbons (Fsp3) is 0.943. The van der Waals surface area contributed by atoms with Gasteiger partial charge in [0.15, 0.2) is 0 Å². The van der Waals surface area contributed by atoms with Gasteiger partial charge in [-0.2, -0.15) is 0 Å². The highest BCUT2D eigenvalue weighted by Gasteiger charge is 2.28. The van der Waals surface area contributed by atoms with E-state index in [1.165, 1.54) is 218 Å². The van der Waals surface area contributed by atoms with Crippen LogP contribution in [-0.2, 0) is 4.79 Å². The van der Waals surface area contributed by atoms with Crippen molar-refractivity contribution in [2.45, 2.75) is 314 Å². The van der Waals surface area contributed by atoms with Gasteiger partial charge in [0.2, 0.25) is 5.91 Å². The Morgan fingerprint density at radius 3 is 0.983 bits per heavy atom. The molecule has 4 unspecified atom stereocenters. The number of aliphatic hydroxyl groups is 4. The van der Waals surface area contributed by atoms with Crippen molar-refractivity contribution in [3.05, 3.63) is 12.2 Å². The lowest BCUT2D eigenvalue weighted by Gasteiger charge is -2.27. The fourth-order valence-corrected chi connectivity index (χ4v) is 8.52. The van der Waals surface area contributed by atoms with E-state index in [2.05, 4.69) is 31.3 Å². The van der Waals surface area contributed by atoms with E-state index in [1.807, 2.05) is 0 Å². The summed E-state index contributed by atoms with van der Waals surface area (Å²) < 4.78 is 0. The number of unbranched alkanes of at least 4 members (excludes halogenated alkanes) is 38. The molecule has 0 saturated carbocycles. The zero-order chi connectivity index (χ0) is 43.1. The second kappa shape index (κ2) is 48.1. The lowest BCUT2D eigenvalue weighted by atomic mass is 9.99. The maximum Gasteiger partial charge on any atom is 0.249 e. The van der Waals surface area contributed by atoms with E-state index in [4.69, 9.17) is 0 Å². The summed E-state index contributed by atoms with van der Waals surface area (Å²) in [5.41, 5.74) is 0. The van der Waals surface area contributed by atoms with E-state index in [1.54, 1.807) is 0 Å². The summed E-state index contributed by atoms with van der Waals surface area (Å²) in [7, 11) is 0. The molecule has 5 N–H and O–H groups in total. The first-order valence-corrected chi connectivity index (χ1v) is 26.6. The molecule has 0 aliphatic heterocycles. The molecule has 0 aromatic rings. The smallest absolute Gasteiger partial charge is 0.249 e. The van der Waals surface area contributed by atoms with Crippen molar-refractivity contribution in [2.75, 3.05) is 6.61 Å². The zero-order valence-corrected chi connectivity index (χ0v) is 39.8. The van der Waals surface area contributed by atoms with Gasteiger partial charge in [-0.15, -0.1) is 0 Å². The number of nitrogens with one attached hydrogen (secondary N) is 1. The second-order valence-electron chi connectivity index (χ2n) is 18.6. The molecule has 6 nitrogen and oxygen atoms in total.